The van der Waals surface area contributed by atoms with Crippen LogP contribution in [0, 0.1) is 6.92 Å². The first-order valence-corrected chi connectivity index (χ1v) is 5.19. The lowest BCUT2D eigenvalue weighted by Gasteiger charge is -2.01. The number of benzene rings is 1. The number of aromatic amines is 1. The molecule has 1 aromatic carbocycles. The first-order chi connectivity index (χ1) is 8.00. The quantitative estimate of drug-likeness (QED) is 0.856. The topological polar surface area (TPSA) is 75.1 Å². The maximum atomic E-state index is 11.7. The van der Waals surface area contributed by atoms with Gasteiger partial charge in [0.05, 0.1) is 16.9 Å². The highest BCUT2D eigenvalue weighted by molar-refractivity contribution is 6.31. The lowest BCUT2D eigenvalue weighted by Crippen LogP contribution is -2.14. The summed E-state index contributed by atoms with van der Waals surface area (Å²) in [4.78, 5) is 22.4. The maximum absolute atomic E-state index is 11.7. The van der Waals surface area contributed by atoms with Gasteiger partial charge in [-0.05, 0) is 31.2 Å². The average Bonchev–Trinajstić information content (AvgIpc) is 2.57. The summed E-state index contributed by atoms with van der Waals surface area (Å²) in [7, 11) is 0. The molecule has 0 atom stereocenters. The Hall–Kier alpha value is -2.01. The van der Waals surface area contributed by atoms with Gasteiger partial charge in [-0.1, -0.05) is 11.6 Å². The van der Waals surface area contributed by atoms with E-state index in [1.165, 1.54) is 28.9 Å². The van der Waals surface area contributed by atoms with Gasteiger partial charge >= 0.3 is 5.97 Å². The molecule has 0 aliphatic carbocycles. The zero-order valence-corrected chi connectivity index (χ0v) is 9.65. The van der Waals surface area contributed by atoms with Crippen molar-refractivity contribution in [1.29, 1.82) is 0 Å². The molecule has 2 rings (SSSR count). The highest BCUT2D eigenvalue weighted by Crippen LogP contribution is 2.11. The molecule has 0 saturated carbocycles. The molecular weight excluding hydrogens is 244 g/mol. The van der Waals surface area contributed by atoms with Crippen molar-refractivity contribution in [2.45, 2.75) is 6.92 Å². The van der Waals surface area contributed by atoms with E-state index in [2.05, 4.69) is 5.10 Å². The van der Waals surface area contributed by atoms with Crippen LogP contribution in [-0.2, 0) is 0 Å². The van der Waals surface area contributed by atoms with Gasteiger partial charge in [0.2, 0.25) is 0 Å². The number of halogens is 1. The van der Waals surface area contributed by atoms with E-state index in [0.717, 1.165) is 0 Å². The monoisotopic (exact) mass is 252 g/mol. The van der Waals surface area contributed by atoms with Crippen molar-refractivity contribution >= 4 is 17.6 Å². The minimum absolute atomic E-state index is 0.132. The van der Waals surface area contributed by atoms with Gasteiger partial charge in [-0.15, -0.1) is 0 Å². The Morgan fingerprint density at radius 1 is 1.35 bits per heavy atom. The van der Waals surface area contributed by atoms with Crippen LogP contribution in [0.1, 0.15) is 16.1 Å². The normalized spacial score (nSPS) is 10.5. The third-order valence-electron chi connectivity index (χ3n) is 2.37. The Kier molecular flexibility index (Phi) is 2.77. The van der Waals surface area contributed by atoms with Crippen LogP contribution >= 0.6 is 11.6 Å². The lowest BCUT2D eigenvalue weighted by atomic mass is 10.2. The largest absolute Gasteiger partial charge is 0.478 e. The molecule has 0 unspecified atom stereocenters. The van der Waals surface area contributed by atoms with Gasteiger partial charge in [0, 0.05) is 0 Å². The van der Waals surface area contributed by atoms with Gasteiger partial charge in [-0.3, -0.25) is 9.89 Å². The fraction of sp³-hybridized carbons (Fsp3) is 0.0909. The number of hydrogen-bond donors (Lipinski definition) is 2. The Morgan fingerprint density at radius 3 is 2.35 bits per heavy atom. The molecule has 0 fully saturated rings. The average molecular weight is 253 g/mol. The number of aromatic carboxylic acids is 1. The number of nitrogens with one attached hydrogen (secondary N) is 1. The highest BCUT2D eigenvalue weighted by Gasteiger charge is 2.10. The van der Waals surface area contributed by atoms with E-state index in [9.17, 15) is 9.59 Å². The molecule has 17 heavy (non-hydrogen) atoms. The number of aromatic nitrogens is 2. The molecule has 0 saturated heterocycles. The summed E-state index contributed by atoms with van der Waals surface area (Å²) in [5.41, 5.74) is 0.914. The van der Waals surface area contributed by atoms with Crippen LogP contribution in [0.15, 0.2) is 29.1 Å². The highest BCUT2D eigenvalue weighted by atomic mass is 35.5. The minimum Gasteiger partial charge on any atom is -0.478 e. The SMILES string of the molecule is Cc1[nH]n(-c2ccc(C(=O)O)cc2)c(=O)c1Cl. The minimum atomic E-state index is -1.01. The summed E-state index contributed by atoms with van der Waals surface area (Å²) in [6.07, 6.45) is 0. The van der Waals surface area contributed by atoms with Crippen molar-refractivity contribution in [1.82, 2.24) is 9.78 Å². The predicted octanol–water partition coefficient (Wildman–Crippen LogP) is 1.83. The van der Waals surface area contributed by atoms with Gasteiger partial charge in [-0.25, -0.2) is 9.48 Å². The molecule has 6 heteroatoms. The summed E-state index contributed by atoms with van der Waals surface area (Å²) in [6, 6.07) is 5.93. The van der Waals surface area contributed by atoms with Gasteiger partial charge in [0.25, 0.3) is 5.56 Å². The Bertz CT molecular complexity index is 625. The number of nitrogens with zero attached hydrogens (tertiary/aromatic N) is 1. The third kappa shape index (κ3) is 1.97. The summed E-state index contributed by atoms with van der Waals surface area (Å²) < 4.78 is 1.27. The Morgan fingerprint density at radius 2 is 1.94 bits per heavy atom. The van der Waals surface area contributed by atoms with Crippen molar-refractivity contribution in [3.05, 3.63) is 50.9 Å². The molecule has 2 aromatic rings. The Balaban J connectivity index is 2.50. The van der Waals surface area contributed by atoms with Crippen LogP contribution in [0.3, 0.4) is 0 Å². The molecule has 2 N–H and O–H groups in total. The predicted molar refractivity (Wildman–Crippen MR) is 63.1 cm³/mol. The van der Waals surface area contributed by atoms with Crippen molar-refractivity contribution in [2.24, 2.45) is 0 Å². The van der Waals surface area contributed by atoms with Crippen LogP contribution < -0.4 is 5.56 Å². The molecule has 88 valence electrons. The van der Waals surface area contributed by atoms with Crippen LogP contribution in [0.4, 0.5) is 0 Å². The van der Waals surface area contributed by atoms with Crippen molar-refractivity contribution in [2.75, 3.05) is 0 Å². The van der Waals surface area contributed by atoms with Crippen molar-refractivity contribution in [3.63, 3.8) is 0 Å². The second-order valence-corrected chi connectivity index (χ2v) is 3.92. The molecule has 1 heterocycles. The van der Waals surface area contributed by atoms with Crippen LogP contribution in [0.25, 0.3) is 5.69 Å². The van der Waals surface area contributed by atoms with E-state index in [-0.39, 0.29) is 16.1 Å². The molecule has 0 aliphatic heterocycles. The number of H-pyrrole nitrogens is 1. The summed E-state index contributed by atoms with van der Waals surface area (Å²) in [5.74, 6) is -1.01. The Labute approximate surface area is 101 Å². The number of carboxylic acids is 1. The number of carboxylic acid groups (broad SMARTS) is 1. The maximum Gasteiger partial charge on any atom is 0.335 e. The molecule has 1 aromatic heterocycles. The van der Waals surface area contributed by atoms with Gasteiger partial charge in [-0.2, -0.15) is 0 Å². The first-order valence-electron chi connectivity index (χ1n) is 4.81. The van der Waals surface area contributed by atoms with Crippen molar-refractivity contribution < 1.29 is 9.90 Å². The van der Waals surface area contributed by atoms with Gasteiger partial charge in [0.1, 0.15) is 5.02 Å². The zero-order valence-electron chi connectivity index (χ0n) is 8.90. The fourth-order valence-corrected chi connectivity index (χ4v) is 1.59. The molecule has 0 aliphatic rings. The summed E-state index contributed by atoms with van der Waals surface area (Å²) in [5, 5.41) is 11.7. The lowest BCUT2D eigenvalue weighted by molar-refractivity contribution is 0.0697. The zero-order chi connectivity index (χ0) is 12.6. The smallest absolute Gasteiger partial charge is 0.335 e. The van der Waals surface area contributed by atoms with Gasteiger partial charge < -0.3 is 5.11 Å². The fourth-order valence-electron chi connectivity index (χ4n) is 1.46. The number of carbonyl (C=O) groups is 1. The molecule has 0 amide bonds. The van der Waals surface area contributed by atoms with E-state index in [4.69, 9.17) is 16.7 Å². The molecular formula is C11H9ClN2O3. The molecule has 0 bridgehead atoms. The van der Waals surface area contributed by atoms with Crippen molar-refractivity contribution in [3.8, 4) is 5.69 Å². The van der Waals surface area contributed by atoms with E-state index in [1.54, 1.807) is 6.92 Å². The van der Waals surface area contributed by atoms with Gasteiger partial charge in [0.15, 0.2) is 0 Å². The molecule has 5 nitrogen and oxygen atoms in total. The second-order valence-electron chi connectivity index (χ2n) is 3.54. The summed E-state index contributed by atoms with van der Waals surface area (Å²) in [6.45, 7) is 1.69. The van der Waals surface area contributed by atoms with E-state index >= 15 is 0 Å². The molecule has 0 spiro atoms. The van der Waals surface area contributed by atoms with E-state index in [1.807, 2.05) is 0 Å². The summed E-state index contributed by atoms with van der Waals surface area (Å²) >= 11 is 5.77. The van der Waals surface area contributed by atoms with Crippen LogP contribution in [-0.4, -0.2) is 20.9 Å². The van der Waals surface area contributed by atoms with Crippen LogP contribution in [0.5, 0.6) is 0 Å². The first kappa shape index (κ1) is 11.5. The standard InChI is InChI=1S/C11H9ClN2O3/c1-6-9(12)10(15)14(13-6)8-4-2-7(3-5-8)11(16)17/h2-5,13H,1H3,(H,16,17). The molecule has 0 radical (unpaired) electrons. The van der Waals surface area contributed by atoms with E-state index in [0.29, 0.717) is 11.4 Å². The van der Waals surface area contributed by atoms with Crippen LogP contribution in [0.2, 0.25) is 5.02 Å². The number of aryl methyl sites for hydroxylation is 1. The third-order valence-corrected chi connectivity index (χ3v) is 2.82. The number of rotatable bonds is 2. The second kappa shape index (κ2) is 4.10. The number of hydrogen-bond acceptors (Lipinski definition) is 2. The van der Waals surface area contributed by atoms with E-state index < -0.39 is 5.97 Å².